The minimum atomic E-state index is -0.348. The number of pyridine rings is 1. The van der Waals surface area contributed by atoms with E-state index in [1.807, 2.05) is 11.0 Å². The Morgan fingerprint density at radius 1 is 1.10 bits per heavy atom. The number of anilines is 1. The predicted octanol–water partition coefficient (Wildman–Crippen LogP) is 3.75. The average molecular weight is 411 g/mol. The maximum Gasteiger partial charge on any atom is 0.257 e. The Bertz CT molecular complexity index is 872. The topological polar surface area (TPSA) is 71.5 Å². The number of aromatic nitrogens is 1. The Morgan fingerprint density at radius 2 is 1.87 bits per heavy atom. The molecule has 0 unspecified atom stereocenters. The van der Waals surface area contributed by atoms with Crippen LogP contribution >= 0.6 is 0 Å². The van der Waals surface area contributed by atoms with E-state index >= 15 is 0 Å². The van der Waals surface area contributed by atoms with Crippen LogP contribution in [0.5, 0.6) is 0 Å². The van der Waals surface area contributed by atoms with Crippen LogP contribution in [0.3, 0.4) is 0 Å². The van der Waals surface area contributed by atoms with Crippen molar-refractivity contribution in [1.29, 1.82) is 0 Å². The highest BCUT2D eigenvalue weighted by atomic mass is 19.1. The lowest BCUT2D eigenvalue weighted by atomic mass is 9.92. The standard InChI is InChI=1S/C23H26FN3O3/c24-18-4-6-19(7-5-18)26-23(29)17-3-8-21(25-15-17)16-9-11-27(12-10-16)22(28)14-20-2-1-13-30-20/h3-8,15-16,20H,1-2,9-14H2,(H,26,29)/t20-/m0/s1. The number of halogens is 1. The quantitative estimate of drug-likeness (QED) is 0.814. The van der Waals surface area contributed by atoms with Crippen LogP contribution in [0.2, 0.25) is 0 Å². The van der Waals surface area contributed by atoms with Crippen LogP contribution in [0.1, 0.15) is 54.1 Å². The molecule has 7 heteroatoms. The highest BCUT2D eigenvalue weighted by molar-refractivity contribution is 6.04. The van der Waals surface area contributed by atoms with Crippen LogP contribution in [0.4, 0.5) is 10.1 Å². The van der Waals surface area contributed by atoms with Gasteiger partial charge in [-0.05, 0) is 62.1 Å². The molecule has 2 saturated heterocycles. The third-order valence-electron chi connectivity index (χ3n) is 5.84. The summed E-state index contributed by atoms with van der Waals surface area (Å²) in [7, 11) is 0. The summed E-state index contributed by atoms with van der Waals surface area (Å²) in [4.78, 5) is 31.2. The SMILES string of the molecule is O=C(Nc1ccc(F)cc1)c1ccc(C2CCN(C(=O)C[C@@H]3CCCO3)CC2)nc1. The van der Waals surface area contributed by atoms with E-state index < -0.39 is 0 Å². The lowest BCUT2D eigenvalue weighted by Crippen LogP contribution is -2.39. The number of amides is 2. The summed E-state index contributed by atoms with van der Waals surface area (Å²) in [5.74, 6) is -0.166. The maximum absolute atomic E-state index is 13.0. The van der Waals surface area contributed by atoms with E-state index in [9.17, 15) is 14.0 Å². The van der Waals surface area contributed by atoms with Gasteiger partial charge in [0.1, 0.15) is 5.82 Å². The van der Waals surface area contributed by atoms with Crippen molar-refractivity contribution in [3.8, 4) is 0 Å². The van der Waals surface area contributed by atoms with E-state index in [0.717, 1.165) is 51.1 Å². The zero-order chi connectivity index (χ0) is 20.9. The number of ether oxygens (including phenoxy) is 1. The number of nitrogens with one attached hydrogen (secondary N) is 1. The molecular formula is C23H26FN3O3. The molecule has 0 saturated carbocycles. The molecule has 0 bridgehead atoms. The molecule has 6 nitrogen and oxygen atoms in total. The first kappa shape index (κ1) is 20.5. The van der Waals surface area contributed by atoms with E-state index in [4.69, 9.17) is 4.74 Å². The van der Waals surface area contributed by atoms with Crippen LogP contribution in [-0.4, -0.2) is 47.5 Å². The number of hydrogen-bond donors (Lipinski definition) is 1. The van der Waals surface area contributed by atoms with Gasteiger partial charge in [0.2, 0.25) is 5.91 Å². The summed E-state index contributed by atoms with van der Waals surface area (Å²) >= 11 is 0. The fraction of sp³-hybridized carbons (Fsp3) is 0.435. The molecule has 4 rings (SSSR count). The van der Waals surface area contributed by atoms with Gasteiger partial charge >= 0.3 is 0 Å². The second-order valence-corrected chi connectivity index (χ2v) is 7.93. The number of likely N-dealkylation sites (tertiary alicyclic amines) is 1. The van der Waals surface area contributed by atoms with Crippen LogP contribution in [-0.2, 0) is 9.53 Å². The van der Waals surface area contributed by atoms with Crippen LogP contribution in [0.25, 0.3) is 0 Å². The average Bonchev–Trinajstić information content (AvgIpc) is 3.28. The van der Waals surface area contributed by atoms with Gasteiger partial charge in [0.25, 0.3) is 5.91 Å². The summed E-state index contributed by atoms with van der Waals surface area (Å²) in [5, 5.41) is 2.73. The number of rotatable bonds is 5. The molecule has 3 heterocycles. The first-order chi connectivity index (χ1) is 14.6. The van der Waals surface area contributed by atoms with Gasteiger partial charge in [-0.3, -0.25) is 14.6 Å². The van der Waals surface area contributed by atoms with Gasteiger partial charge in [-0.1, -0.05) is 0 Å². The molecule has 2 aromatic rings. The molecule has 1 N–H and O–H groups in total. The Hall–Kier alpha value is -2.80. The predicted molar refractivity (Wildman–Crippen MR) is 111 cm³/mol. The highest BCUT2D eigenvalue weighted by Crippen LogP contribution is 2.28. The molecule has 0 radical (unpaired) electrons. The summed E-state index contributed by atoms with van der Waals surface area (Å²) in [5.41, 5.74) is 1.93. The van der Waals surface area contributed by atoms with Gasteiger partial charge in [-0.2, -0.15) is 0 Å². The fourth-order valence-electron chi connectivity index (χ4n) is 4.07. The molecule has 0 spiro atoms. The van der Waals surface area contributed by atoms with Crippen molar-refractivity contribution in [1.82, 2.24) is 9.88 Å². The molecule has 2 aliphatic rings. The molecule has 1 aromatic carbocycles. The molecule has 1 aromatic heterocycles. The lowest BCUT2D eigenvalue weighted by Gasteiger charge is -2.32. The summed E-state index contributed by atoms with van der Waals surface area (Å²) in [6.07, 6.45) is 5.91. The molecule has 0 aliphatic carbocycles. The number of hydrogen-bond acceptors (Lipinski definition) is 4. The lowest BCUT2D eigenvalue weighted by molar-refractivity contribution is -0.134. The largest absolute Gasteiger partial charge is 0.378 e. The van der Waals surface area contributed by atoms with Crippen molar-refractivity contribution in [2.45, 2.75) is 44.1 Å². The van der Waals surface area contributed by atoms with Crippen LogP contribution in [0.15, 0.2) is 42.6 Å². The molecule has 2 aliphatic heterocycles. The van der Waals surface area contributed by atoms with Crippen molar-refractivity contribution >= 4 is 17.5 Å². The number of piperidine rings is 1. The number of carbonyl (C=O) groups excluding carboxylic acids is 2. The van der Waals surface area contributed by atoms with Gasteiger partial charge in [0.15, 0.2) is 0 Å². The van der Waals surface area contributed by atoms with Crippen LogP contribution < -0.4 is 5.32 Å². The number of nitrogens with zero attached hydrogens (tertiary/aromatic N) is 2. The van der Waals surface area contributed by atoms with Gasteiger partial charge in [-0.15, -0.1) is 0 Å². The zero-order valence-corrected chi connectivity index (χ0v) is 16.9. The third-order valence-corrected chi connectivity index (χ3v) is 5.84. The van der Waals surface area contributed by atoms with Gasteiger partial charge in [-0.25, -0.2) is 4.39 Å². The first-order valence-corrected chi connectivity index (χ1v) is 10.5. The monoisotopic (exact) mass is 411 g/mol. The van der Waals surface area contributed by atoms with Crippen molar-refractivity contribution in [2.24, 2.45) is 0 Å². The minimum absolute atomic E-state index is 0.0884. The van der Waals surface area contributed by atoms with Crippen molar-refractivity contribution in [3.63, 3.8) is 0 Å². The van der Waals surface area contributed by atoms with E-state index in [1.54, 1.807) is 12.3 Å². The molecule has 2 fully saturated rings. The van der Waals surface area contributed by atoms with E-state index in [-0.39, 0.29) is 29.7 Å². The second kappa shape index (κ2) is 9.34. The van der Waals surface area contributed by atoms with E-state index in [2.05, 4.69) is 10.3 Å². The second-order valence-electron chi connectivity index (χ2n) is 7.93. The number of benzene rings is 1. The van der Waals surface area contributed by atoms with E-state index in [1.165, 1.54) is 24.3 Å². The number of carbonyl (C=O) groups is 2. The first-order valence-electron chi connectivity index (χ1n) is 10.5. The molecule has 1 atom stereocenters. The molecule has 30 heavy (non-hydrogen) atoms. The third kappa shape index (κ3) is 5.02. The zero-order valence-electron chi connectivity index (χ0n) is 16.9. The molecule has 158 valence electrons. The Labute approximate surface area is 175 Å². The van der Waals surface area contributed by atoms with Crippen molar-refractivity contribution in [2.75, 3.05) is 25.0 Å². The Morgan fingerprint density at radius 3 is 2.50 bits per heavy atom. The van der Waals surface area contributed by atoms with Gasteiger partial charge in [0.05, 0.1) is 18.1 Å². The van der Waals surface area contributed by atoms with Gasteiger partial charge < -0.3 is 15.0 Å². The normalized spacial score (nSPS) is 19.6. The van der Waals surface area contributed by atoms with E-state index in [0.29, 0.717) is 17.7 Å². The van der Waals surface area contributed by atoms with Crippen LogP contribution in [0, 0.1) is 5.82 Å². The Kier molecular flexibility index (Phi) is 6.38. The summed E-state index contributed by atoms with van der Waals surface area (Å²) in [6.45, 7) is 2.22. The Balaban J connectivity index is 1.28. The molecule has 2 amide bonds. The van der Waals surface area contributed by atoms with Crippen molar-refractivity contribution < 1.29 is 18.7 Å². The summed E-state index contributed by atoms with van der Waals surface area (Å²) in [6, 6.07) is 9.28. The summed E-state index contributed by atoms with van der Waals surface area (Å²) < 4.78 is 18.5. The maximum atomic E-state index is 13.0. The molecular weight excluding hydrogens is 385 g/mol. The van der Waals surface area contributed by atoms with Gasteiger partial charge in [0, 0.05) is 43.2 Å². The highest BCUT2D eigenvalue weighted by Gasteiger charge is 2.27. The minimum Gasteiger partial charge on any atom is -0.378 e. The fourth-order valence-corrected chi connectivity index (χ4v) is 4.07. The van der Waals surface area contributed by atoms with Crippen molar-refractivity contribution in [3.05, 3.63) is 59.7 Å². The smallest absolute Gasteiger partial charge is 0.257 e.